The van der Waals surface area contributed by atoms with Crippen LogP contribution in [0, 0.1) is 17.7 Å². The van der Waals surface area contributed by atoms with Crippen LogP contribution in [0.1, 0.15) is 43.7 Å². The van der Waals surface area contributed by atoms with Crippen LogP contribution in [-0.4, -0.2) is 53.6 Å². The summed E-state index contributed by atoms with van der Waals surface area (Å²) in [4.78, 5) is 40.6. The molecule has 1 heterocycles. The summed E-state index contributed by atoms with van der Waals surface area (Å²) >= 11 is 0. The molecule has 8 heteroatoms. The van der Waals surface area contributed by atoms with Gasteiger partial charge in [-0.15, -0.1) is 0 Å². The molecule has 2 aromatic carbocycles. The number of halogens is 1. The highest BCUT2D eigenvalue weighted by atomic mass is 19.1. The first-order chi connectivity index (χ1) is 18.4. The summed E-state index contributed by atoms with van der Waals surface area (Å²) in [5.41, 5.74) is 1.80. The van der Waals surface area contributed by atoms with E-state index in [1.165, 1.54) is 12.1 Å². The van der Waals surface area contributed by atoms with E-state index in [0.717, 1.165) is 11.1 Å². The fourth-order valence-electron chi connectivity index (χ4n) is 4.45. The highest BCUT2D eigenvalue weighted by molar-refractivity contribution is 5.86. The third-order valence-corrected chi connectivity index (χ3v) is 6.59. The number of aliphatic hydroxyl groups is 1. The number of allylic oxidation sites excluding steroid dienone is 2. The minimum atomic E-state index is -0.593. The van der Waals surface area contributed by atoms with Gasteiger partial charge in [-0.1, -0.05) is 54.6 Å². The molecule has 0 fully saturated rings. The number of nitrogens with zero attached hydrogens (tertiary/aromatic N) is 1. The number of rotatable bonds is 8. The molecule has 0 aromatic heterocycles. The Morgan fingerprint density at radius 3 is 2.50 bits per heavy atom. The zero-order valence-corrected chi connectivity index (χ0v) is 21.9. The second-order valence-electron chi connectivity index (χ2n) is 9.78. The molecule has 0 aliphatic carbocycles. The number of hydrogen-bond donors (Lipinski definition) is 2. The average Bonchev–Trinajstić information content (AvgIpc) is 2.91. The lowest BCUT2D eigenvalue weighted by Crippen LogP contribution is -2.42. The number of hydrogen-bond acceptors (Lipinski definition) is 5. The molecule has 7 nitrogen and oxygen atoms in total. The Kier molecular flexibility index (Phi) is 11.5. The Hall–Kier alpha value is -3.52. The molecule has 2 aromatic rings. The monoisotopic (exact) mass is 524 g/mol. The normalized spacial score (nSPS) is 21.7. The molecule has 3 rings (SSSR count). The van der Waals surface area contributed by atoms with E-state index in [9.17, 15) is 23.9 Å². The maximum absolute atomic E-state index is 13.3. The van der Waals surface area contributed by atoms with E-state index < -0.39 is 17.9 Å². The van der Waals surface area contributed by atoms with Gasteiger partial charge in [-0.2, -0.15) is 0 Å². The number of nitrogens with one attached hydrogen (secondary N) is 1. The van der Waals surface area contributed by atoms with Gasteiger partial charge in [0.1, 0.15) is 12.4 Å². The second-order valence-corrected chi connectivity index (χ2v) is 9.78. The molecule has 1 aliphatic heterocycles. The molecular weight excluding hydrogens is 487 g/mol. The molecular formula is C30H37FN2O5. The summed E-state index contributed by atoms with van der Waals surface area (Å²) in [5.74, 6) is -2.15. The second kappa shape index (κ2) is 15.0. The summed E-state index contributed by atoms with van der Waals surface area (Å²) < 4.78 is 18.8. The Bertz CT molecular complexity index is 1070. The van der Waals surface area contributed by atoms with Crippen molar-refractivity contribution < 1.29 is 28.6 Å². The predicted octanol–water partition coefficient (Wildman–Crippen LogP) is 3.80. The summed E-state index contributed by atoms with van der Waals surface area (Å²) in [6.07, 6.45) is 5.77. The molecule has 0 unspecified atom stereocenters. The number of esters is 1. The zero-order valence-electron chi connectivity index (χ0n) is 21.9. The van der Waals surface area contributed by atoms with Crippen LogP contribution in [0.2, 0.25) is 0 Å². The fourth-order valence-corrected chi connectivity index (χ4v) is 4.45. The van der Waals surface area contributed by atoms with Crippen molar-refractivity contribution in [1.82, 2.24) is 10.2 Å². The number of cyclic esters (lactones) is 1. The first-order valence-corrected chi connectivity index (χ1v) is 13.1. The third kappa shape index (κ3) is 9.41. The highest BCUT2D eigenvalue weighted by Gasteiger charge is 2.27. The maximum atomic E-state index is 13.3. The van der Waals surface area contributed by atoms with Gasteiger partial charge in [0, 0.05) is 19.5 Å². The number of amides is 2. The topological polar surface area (TPSA) is 95.9 Å². The molecule has 0 saturated carbocycles. The standard InChI is InChI=1S/C30H37FN2O5/c1-22-21-38-30(37)26(18-23-12-14-27(31)15-13-23)11-7-3-6-10-25(29(36)32-22)19-28(35)33(16-17-34)20-24-8-4-2-5-9-24/h2-6,8-9,12-15,22,25-26,34H,7,10-11,16-21H2,1H3,(H,32,36)/b6-3+/t22-,25-,26-/m0/s1. The molecule has 3 atom stereocenters. The SMILES string of the molecule is C[C@H]1COC(=O)[C@H](Cc2ccc(F)cc2)CC/C=C/C[C@@H](CC(=O)N(CCO)Cc2ccccc2)C(=O)N1. The van der Waals surface area contributed by atoms with Crippen LogP contribution < -0.4 is 5.32 Å². The molecule has 2 amide bonds. The van der Waals surface area contributed by atoms with Crippen molar-refractivity contribution in [3.8, 4) is 0 Å². The van der Waals surface area contributed by atoms with Gasteiger partial charge in [-0.05, 0) is 55.9 Å². The Morgan fingerprint density at radius 2 is 1.79 bits per heavy atom. The average molecular weight is 525 g/mol. The quantitative estimate of drug-likeness (QED) is 0.405. The van der Waals surface area contributed by atoms with Crippen molar-refractivity contribution in [3.63, 3.8) is 0 Å². The molecule has 204 valence electrons. The number of ether oxygens (including phenoxy) is 1. The molecule has 0 saturated heterocycles. The minimum absolute atomic E-state index is 0.00268. The lowest BCUT2D eigenvalue weighted by molar-refractivity contribution is -0.150. The van der Waals surface area contributed by atoms with E-state index in [0.29, 0.717) is 32.2 Å². The first kappa shape index (κ1) is 29.0. The van der Waals surface area contributed by atoms with Crippen molar-refractivity contribution in [2.45, 2.75) is 51.6 Å². The van der Waals surface area contributed by atoms with Crippen molar-refractivity contribution in [1.29, 1.82) is 0 Å². The van der Waals surface area contributed by atoms with E-state index in [4.69, 9.17) is 4.74 Å². The summed E-state index contributed by atoms with van der Waals surface area (Å²) in [7, 11) is 0. The first-order valence-electron chi connectivity index (χ1n) is 13.1. The van der Waals surface area contributed by atoms with Gasteiger partial charge >= 0.3 is 5.97 Å². The van der Waals surface area contributed by atoms with Crippen molar-refractivity contribution in [2.75, 3.05) is 19.8 Å². The number of carbonyl (C=O) groups excluding carboxylic acids is 3. The lowest BCUT2D eigenvalue weighted by atomic mass is 9.94. The summed E-state index contributed by atoms with van der Waals surface area (Å²) in [6.45, 7) is 2.13. The van der Waals surface area contributed by atoms with E-state index in [-0.39, 0.29) is 49.8 Å². The maximum Gasteiger partial charge on any atom is 0.309 e. The number of aliphatic hydroxyl groups excluding tert-OH is 1. The minimum Gasteiger partial charge on any atom is -0.463 e. The van der Waals surface area contributed by atoms with Crippen molar-refractivity contribution in [2.24, 2.45) is 11.8 Å². The van der Waals surface area contributed by atoms with Crippen molar-refractivity contribution >= 4 is 17.8 Å². The zero-order chi connectivity index (χ0) is 27.3. The lowest BCUT2D eigenvalue weighted by Gasteiger charge is -2.25. The molecule has 0 spiro atoms. The largest absolute Gasteiger partial charge is 0.463 e. The predicted molar refractivity (Wildman–Crippen MR) is 142 cm³/mol. The van der Waals surface area contributed by atoms with Crippen LogP contribution in [0.4, 0.5) is 4.39 Å². The van der Waals surface area contributed by atoms with Gasteiger partial charge in [0.05, 0.1) is 24.5 Å². The van der Waals surface area contributed by atoms with Crippen LogP contribution in [0.25, 0.3) is 0 Å². The van der Waals surface area contributed by atoms with Crippen LogP contribution in [0.15, 0.2) is 66.7 Å². The van der Waals surface area contributed by atoms with Gasteiger partial charge in [-0.3, -0.25) is 14.4 Å². The molecule has 2 N–H and O–H groups in total. The van der Waals surface area contributed by atoms with Gasteiger partial charge in [0.25, 0.3) is 0 Å². The molecule has 1 aliphatic rings. The van der Waals surface area contributed by atoms with E-state index >= 15 is 0 Å². The Labute approximate surface area is 223 Å². The smallest absolute Gasteiger partial charge is 0.309 e. The van der Waals surface area contributed by atoms with E-state index in [1.807, 2.05) is 42.5 Å². The van der Waals surface area contributed by atoms with Crippen LogP contribution in [0.3, 0.4) is 0 Å². The van der Waals surface area contributed by atoms with Gasteiger partial charge < -0.3 is 20.1 Å². The highest BCUT2D eigenvalue weighted by Crippen LogP contribution is 2.20. The van der Waals surface area contributed by atoms with Gasteiger partial charge in [-0.25, -0.2) is 4.39 Å². The van der Waals surface area contributed by atoms with E-state index in [2.05, 4.69) is 5.32 Å². The number of carbonyl (C=O) groups is 3. The van der Waals surface area contributed by atoms with Gasteiger partial charge in [0.15, 0.2) is 0 Å². The van der Waals surface area contributed by atoms with E-state index in [1.54, 1.807) is 24.0 Å². The molecule has 0 bridgehead atoms. The third-order valence-electron chi connectivity index (χ3n) is 6.59. The van der Waals surface area contributed by atoms with Crippen LogP contribution in [-0.2, 0) is 32.1 Å². The summed E-state index contributed by atoms with van der Waals surface area (Å²) in [6, 6.07) is 15.2. The van der Waals surface area contributed by atoms with Gasteiger partial charge in [0.2, 0.25) is 11.8 Å². The Balaban J connectivity index is 1.67. The fraction of sp³-hybridized carbons (Fsp3) is 0.433. The Morgan fingerprint density at radius 1 is 1.05 bits per heavy atom. The van der Waals surface area contributed by atoms with Crippen molar-refractivity contribution in [3.05, 3.63) is 83.7 Å². The summed E-state index contributed by atoms with van der Waals surface area (Å²) in [5, 5.41) is 12.4. The number of benzene rings is 2. The van der Waals surface area contributed by atoms with Crippen LogP contribution >= 0.6 is 0 Å². The molecule has 0 radical (unpaired) electrons. The molecule has 38 heavy (non-hydrogen) atoms. The van der Waals surface area contributed by atoms with Crippen LogP contribution in [0.5, 0.6) is 0 Å².